The molecule has 9 nitrogen and oxygen atoms in total. The van der Waals surface area contributed by atoms with E-state index in [1.807, 2.05) is 11.3 Å². The highest BCUT2D eigenvalue weighted by Gasteiger charge is 2.56. The van der Waals surface area contributed by atoms with Crippen molar-refractivity contribution in [3.05, 3.63) is 60.0 Å². The largest absolute Gasteiger partial charge is 0.277 e. The van der Waals surface area contributed by atoms with Crippen LogP contribution in [0.1, 0.15) is 49.9 Å². The third kappa shape index (κ3) is 3.84. The number of benzene rings is 1. The molecular formula is C27H29F2N5O4S2. The summed E-state index contributed by atoms with van der Waals surface area (Å²) in [6.07, 6.45) is 5.64. The highest BCUT2D eigenvalue weighted by Crippen LogP contribution is 2.58. The predicted octanol–water partition coefficient (Wildman–Crippen LogP) is 4.10. The van der Waals surface area contributed by atoms with E-state index < -0.39 is 44.5 Å². The number of fused-ring (bicyclic) bond motifs is 6. The Morgan fingerprint density at radius 3 is 2.10 bits per heavy atom. The topological polar surface area (TPSA) is 107 Å². The van der Waals surface area contributed by atoms with Crippen LogP contribution in [0.2, 0.25) is 0 Å². The van der Waals surface area contributed by atoms with Crippen LogP contribution in [0.25, 0.3) is 16.7 Å². The van der Waals surface area contributed by atoms with E-state index in [4.69, 9.17) is 0 Å². The summed E-state index contributed by atoms with van der Waals surface area (Å²) in [5.74, 6) is -2.27. The Labute approximate surface area is 230 Å². The van der Waals surface area contributed by atoms with Gasteiger partial charge in [-0.15, -0.1) is 10.2 Å². The van der Waals surface area contributed by atoms with Crippen molar-refractivity contribution in [1.29, 1.82) is 0 Å². The monoisotopic (exact) mass is 589 g/mol. The van der Waals surface area contributed by atoms with Crippen molar-refractivity contribution < 1.29 is 25.6 Å². The van der Waals surface area contributed by atoms with Crippen LogP contribution in [0.5, 0.6) is 0 Å². The zero-order valence-corrected chi connectivity index (χ0v) is 23.6. The highest BCUT2D eigenvalue weighted by molar-refractivity contribution is 7.90. The zero-order valence-electron chi connectivity index (χ0n) is 21.9. The third-order valence-electron chi connectivity index (χ3n) is 9.34. The molecule has 1 aliphatic heterocycles. The van der Waals surface area contributed by atoms with Crippen molar-refractivity contribution in [2.45, 2.75) is 61.7 Å². The second-order valence-electron chi connectivity index (χ2n) is 11.9. The van der Waals surface area contributed by atoms with Gasteiger partial charge in [-0.05, 0) is 81.2 Å². The van der Waals surface area contributed by atoms with Gasteiger partial charge in [-0.25, -0.2) is 29.6 Å². The van der Waals surface area contributed by atoms with Gasteiger partial charge >= 0.3 is 0 Å². The van der Waals surface area contributed by atoms with Crippen molar-refractivity contribution in [3.8, 4) is 0 Å². The van der Waals surface area contributed by atoms with Crippen LogP contribution in [0, 0.1) is 12.3 Å². The fourth-order valence-electron chi connectivity index (χ4n) is 6.90. The first kappa shape index (κ1) is 26.0. The molecule has 1 aromatic carbocycles. The zero-order chi connectivity index (χ0) is 28.1. The Bertz CT molecular complexity index is 1850. The number of aromatic nitrogens is 4. The molecular weight excluding hydrogens is 560 g/mol. The fourth-order valence-corrected chi connectivity index (χ4v) is 10.4. The smallest absolute Gasteiger partial charge is 0.275 e. The molecule has 3 saturated carbocycles. The Morgan fingerprint density at radius 2 is 1.48 bits per heavy atom. The minimum atomic E-state index is -3.82. The van der Waals surface area contributed by atoms with E-state index in [0.29, 0.717) is 55.2 Å². The number of hydrogen-bond acceptors (Lipinski definition) is 6. The van der Waals surface area contributed by atoms with E-state index in [9.17, 15) is 25.6 Å². The van der Waals surface area contributed by atoms with Gasteiger partial charge in [0, 0.05) is 11.6 Å². The summed E-state index contributed by atoms with van der Waals surface area (Å²) in [7, 11) is -7.58. The summed E-state index contributed by atoms with van der Waals surface area (Å²) in [6, 6.07) is 12.0. The van der Waals surface area contributed by atoms with Crippen molar-refractivity contribution in [1.82, 2.24) is 22.9 Å². The van der Waals surface area contributed by atoms with E-state index in [1.165, 1.54) is 3.97 Å². The van der Waals surface area contributed by atoms with Gasteiger partial charge in [0.15, 0.2) is 5.65 Å². The summed E-state index contributed by atoms with van der Waals surface area (Å²) < 4.78 is 83.6. The fraction of sp³-hybridized carbons (Fsp3) is 0.481. The van der Waals surface area contributed by atoms with Crippen LogP contribution >= 0.6 is 0 Å². The van der Waals surface area contributed by atoms with E-state index in [-0.39, 0.29) is 16.1 Å². The molecule has 0 amide bonds. The summed E-state index contributed by atoms with van der Waals surface area (Å²) in [4.78, 5) is 0.200. The Morgan fingerprint density at radius 1 is 0.825 bits per heavy atom. The molecule has 4 heterocycles. The van der Waals surface area contributed by atoms with Gasteiger partial charge in [0.1, 0.15) is 5.82 Å². The van der Waals surface area contributed by atoms with Gasteiger partial charge in [-0.3, -0.25) is 4.40 Å². The van der Waals surface area contributed by atoms with Gasteiger partial charge in [-0.1, -0.05) is 17.7 Å². The molecule has 212 valence electrons. The lowest BCUT2D eigenvalue weighted by Gasteiger charge is -2.53. The second-order valence-corrected chi connectivity index (χ2v) is 15.7. The van der Waals surface area contributed by atoms with E-state index in [2.05, 4.69) is 10.2 Å². The molecule has 3 aliphatic carbocycles. The van der Waals surface area contributed by atoms with Crippen LogP contribution in [-0.2, 0) is 25.5 Å². The van der Waals surface area contributed by atoms with Crippen LogP contribution in [0.15, 0.2) is 53.6 Å². The summed E-state index contributed by atoms with van der Waals surface area (Å²) >= 11 is 0. The number of alkyl halides is 2. The molecule has 0 radical (unpaired) electrons. The Balaban J connectivity index is 1.21. The van der Waals surface area contributed by atoms with E-state index in [1.54, 1.807) is 48.7 Å². The van der Waals surface area contributed by atoms with Gasteiger partial charge in [-0.2, -0.15) is 4.31 Å². The van der Waals surface area contributed by atoms with Gasteiger partial charge in [0.2, 0.25) is 10.0 Å². The third-order valence-corrected chi connectivity index (χ3v) is 13.1. The minimum Gasteiger partial charge on any atom is -0.277 e. The van der Waals surface area contributed by atoms with E-state index >= 15 is 0 Å². The second kappa shape index (κ2) is 8.32. The maximum absolute atomic E-state index is 13.5. The highest BCUT2D eigenvalue weighted by atomic mass is 32.2. The lowest BCUT2D eigenvalue weighted by Crippen LogP contribution is -2.60. The first-order valence-electron chi connectivity index (χ1n) is 13.4. The normalized spacial score (nSPS) is 26.9. The van der Waals surface area contributed by atoms with Crippen molar-refractivity contribution in [2.75, 3.05) is 18.8 Å². The van der Waals surface area contributed by atoms with Crippen LogP contribution in [0.3, 0.4) is 0 Å². The summed E-state index contributed by atoms with van der Waals surface area (Å²) in [5, 5.41) is 8.99. The SMILES string of the molecule is Cc1ccc(S(=O)(=O)n2ccc3c2ccc2nnc(C45CCC(CS(=O)(=O)N6CC(F)(F)C6)(CC4)CC5)n23)cc1. The number of rotatable bonds is 6. The van der Waals surface area contributed by atoms with Gasteiger partial charge < -0.3 is 0 Å². The molecule has 13 heteroatoms. The number of aryl methyl sites for hydroxylation is 1. The van der Waals surface area contributed by atoms with Crippen LogP contribution in [0.4, 0.5) is 8.78 Å². The quantitative estimate of drug-likeness (QED) is 0.335. The van der Waals surface area contributed by atoms with Crippen molar-refractivity contribution >= 4 is 36.7 Å². The molecule has 4 aromatic rings. The van der Waals surface area contributed by atoms with Crippen LogP contribution in [-0.4, -0.2) is 64.5 Å². The van der Waals surface area contributed by atoms with Crippen molar-refractivity contribution in [3.63, 3.8) is 0 Å². The average molecular weight is 590 g/mol. The van der Waals surface area contributed by atoms with Gasteiger partial charge in [0.05, 0.1) is 34.8 Å². The van der Waals surface area contributed by atoms with Crippen molar-refractivity contribution in [2.24, 2.45) is 5.41 Å². The lowest BCUT2D eigenvalue weighted by atomic mass is 9.54. The molecule has 4 aliphatic rings. The summed E-state index contributed by atoms with van der Waals surface area (Å²) in [6.45, 7) is 0.449. The van der Waals surface area contributed by atoms with Crippen LogP contribution < -0.4 is 0 Å². The molecule has 0 spiro atoms. The Hall–Kier alpha value is -2.90. The summed E-state index contributed by atoms with van der Waals surface area (Å²) in [5.41, 5.74) is 2.05. The number of hydrogen-bond donors (Lipinski definition) is 0. The molecule has 8 rings (SSSR count). The Kier molecular flexibility index (Phi) is 5.42. The molecule has 3 aromatic heterocycles. The molecule has 4 fully saturated rings. The average Bonchev–Trinajstić information content (AvgIpc) is 3.53. The molecule has 40 heavy (non-hydrogen) atoms. The molecule has 0 unspecified atom stereocenters. The first-order chi connectivity index (χ1) is 18.8. The molecule has 0 atom stereocenters. The predicted molar refractivity (Wildman–Crippen MR) is 144 cm³/mol. The van der Waals surface area contributed by atoms with Gasteiger partial charge in [0.25, 0.3) is 15.9 Å². The first-order valence-corrected chi connectivity index (χ1v) is 16.4. The molecule has 2 bridgehead atoms. The maximum atomic E-state index is 13.5. The lowest BCUT2D eigenvalue weighted by molar-refractivity contribution is -0.0950. The number of nitrogens with zero attached hydrogens (tertiary/aromatic N) is 5. The molecule has 0 N–H and O–H groups in total. The maximum Gasteiger partial charge on any atom is 0.275 e. The molecule has 1 saturated heterocycles. The standard InChI is InChI=1S/C27H29F2N5O4S2/c1-19-2-4-20(5-3-19)40(37,38)33-15-8-22-21(33)6-7-23-30-31-24(34(22)23)26-12-9-25(10-13-26,11-14-26)18-39(35,36)32-16-27(28,29)17-32/h2-8,15H,9-14,16-18H2,1H3. The number of pyridine rings is 1. The number of halogens is 2. The minimum absolute atomic E-state index is 0.100. The van der Waals surface area contributed by atoms with E-state index in [0.717, 1.165) is 15.7 Å². The number of sulfonamides is 1.